The molecule has 0 N–H and O–H groups in total. The molecule has 3 heterocycles. The van der Waals surface area contributed by atoms with Crippen molar-refractivity contribution in [1.82, 2.24) is 19.9 Å². The van der Waals surface area contributed by atoms with E-state index in [1.54, 1.807) is 11.3 Å². The first-order chi connectivity index (χ1) is 11.0. The van der Waals surface area contributed by atoms with Gasteiger partial charge in [0.15, 0.2) is 0 Å². The van der Waals surface area contributed by atoms with Gasteiger partial charge in [-0.05, 0) is 20.8 Å². The smallest absolute Gasteiger partial charge is 0.227 e. The minimum absolute atomic E-state index is 0.156. The monoisotopic (exact) mass is 334 g/mol. The van der Waals surface area contributed by atoms with E-state index in [9.17, 15) is 4.79 Å². The molecule has 0 spiro atoms. The molecular weight excluding hydrogens is 312 g/mol. The van der Waals surface area contributed by atoms with Crippen molar-refractivity contribution in [2.75, 3.05) is 26.2 Å². The molecule has 0 aliphatic carbocycles. The second kappa shape index (κ2) is 6.80. The highest BCUT2D eigenvalue weighted by atomic mass is 32.1. The average molecular weight is 334 g/mol. The molecule has 0 aromatic carbocycles. The van der Waals surface area contributed by atoms with Crippen LogP contribution >= 0.6 is 11.3 Å². The normalized spacial score (nSPS) is 16.0. The van der Waals surface area contributed by atoms with Gasteiger partial charge >= 0.3 is 0 Å². The van der Waals surface area contributed by atoms with Crippen molar-refractivity contribution < 1.29 is 9.32 Å². The summed E-state index contributed by atoms with van der Waals surface area (Å²) in [4.78, 5) is 21.3. The van der Waals surface area contributed by atoms with Crippen LogP contribution in [0.2, 0.25) is 0 Å². The van der Waals surface area contributed by atoms with Crippen LogP contribution in [0.4, 0.5) is 0 Å². The maximum absolute atomic E-state index is 12.5. The summed E-state index contributed by atoms with van der Waals surface area (Å²) in [5.41, 5.74) is 2.87. The van der Waals surface area contributed by atoms with E-state index in [4.69, 9.17) is 4.52 Å². The van der Waals surface area contributed by atoms with E-state index in [1.807, 2.05) is 25.7 Å². The second-order valence-corrected chi connectivity index (χ2v) is 7.06. The number of aromatic nitrogens is 2. The molecule has 0 radical (unpaired) electrons. The topological polar surface area (TPSA) is 62.5 Å². The number of nitrogens with zero attached hydrogens (tertiary/aromatic N) is 4. The fourth-order valence-corrected chi connectivity index (χ4v) is 3.49. The summed E-state index contributed by atoms with van der Waals surface area (Å²) >= 11 is 1.69. The number of carbonyl (C=O) groups is 1. The minimum atomic E-state index is 0.156. The first kappa shape index (κ1) is 16.1. The molecule has 0 bridgehead atoms. The molecule has 1 aliphatic heterocycles. The van der Waals surface area contributed by atoms with Crippen molar-refractivity contribution in [3.8, 4) is 0 Å². The second-order valence-electron chi connectivity index (χ2n) is 5.99. The Kier molecular flexibility index (Phi) is 4.77. The Balaban J connectivity index is 1.51. The molecule has 124 valence electrons. The molecule has 6 nitrogen and oxygen atoms in total. The molecule has 1 saturated heterocycles. The number of piperazine rings is 1. The summed E-state index contributed by atoms with van der Waals surface area (Å²) in [6.45, 7) is 9.96. The summed E-state index contributed by atoms with van der Waals surface area (Å²) in [6.07, 6.45) is 0.381. The van der Waals surface area contributed by atoms with Crippen LogP contribution in [0, 0.1) is 20.8 Å². The van der Waals surface area contributed by atoms with Crippen LogP contribution in [-0.4, -0.2) is 52.0 Å². The van der Waals surface area contributed by atoms with E-state index >= 15 is 0 Å². The van der Waals surface area contributed by atoms with E-state index in [0.717, 1.165) is 60.4 Å². The first-order valence-corrected chi connectivity index (χ1v) is 8.74. The predicted octanol–water partition coefficient (Wildman–Crippen LogP) is 1.94. The number of hydrogen-bond donors (Lipinski definition) is 0. The van der Waals surface area contributed by atoms with Crippen LogP contribution in [0.1, 0.15) is 27.7 Å². The van der Waals surface area contributed by atoms with Crippen LogP contribution in [0.15, 0.2) is 9.90 Å². The summed E-state index contributed by atoms with van der Waals surface area (Å²) in [5.74, 6) is 0.900. The fourth-order valence-electron chi connectivity index (χ4n) is 2.88. The van der Waals surface area contributed by atoms with E-state index in [0.29, 0.717) is 6.42 Å². The Morgan fingerprint density at radius 3 is 2.57 bits per heavy atom. The Bertz CT molecular complexity index is 667. The number of hydrogen-bond acceptors (Lipinski definition) is 6. The first-order valence-electron chi connectivity index (χ1n) is 7.86. The van der Waals surface area contributed by atoms with Gasteiger partial charge in [-0.2, -0.15) is 0 Å². The van der Waals surface area contributed by atoms with Crippen molar-refractivity contribution in [3.05, 3.63) is 33.1 Å². The third-order valence-corrected chi connectivity index (χ3v) is 5.11. The molecule has 3 rings (SSSR count). The number of aryl methyl sites for hydroxylation is 3. The van der Waals surface area contributed by atoms with E-state index < -0.39 is 0 Å². The van der Waals surface area contributed by atoms with Gasteiger partial charge in [0, 0.05) is 43.7 Å². The van der Waals surface area contributed by atoms with Gasteiger partial charge in [0.1, 0.15) is 5.76 Å². The zero-order chi connectivity index (χ0) is 16.4. The highest BCUT2D eigenvalue weighted by Crippen LogP contribution is 2.16. The lowest BCUT2D eigenvalue weighted by Gasteiger charge is -2.34. The molecule has 1 amide bonds. The van der Waals surface area contributed by atoms with E-state index in [2.05, 4.69) is 20.4 Å². The Hall–Kier alpha value is -1.73. The van der Waals surface area contributed by atoms with Gasteiger partial charge in [-0.25, -0.2) is 4.98 Å². The number of amides is 1. The van der Waals surface area contributed by atoms with E-state index in [-0.39, 0.29) is 5.91 Å². The molecule has 0 unspecified atom stereocenters. The van der Waals surface area contributed by atoms with Gasteiger partial charge in [0.05, 0.1) is 22.8 Å². The standard InChI is InChI=1S/C16H22N4O2S/c1-11-15(12(2)22-18-11)8-16(21)20-6-4-19(5-7-20)9-14-10-23-13(3)17-14/h10H,4-9H2,1-3H3. The molecule has 1 aliphatic rings. The third-order valence-electron chi connectivity index (χ3n) is 4.29. The average Bonchev–Trinajstić information content (AvgIpc) is 3.08. The zero-order valence-corrected chi connectivity index (χ0v) is 14.7. The van der Waals surface area contributed by atoms with Gasteiger partial charge in [0.25, 0.3) is 0 Å². The van der Waals surface area contributed by atoms with Crippen molar-refractivity contribution in [2.24, 2.45) is 0 Å². The molecular formula is C16H22N4O2S. The molecule has 0 atom stereocenters. The Labute approximate surface area is 140 Å². The van der Waals surface area contributed by atoms with Crippen LogP contribution in [0.5, 0.6) is 0 Å². The zero-order valence-electron chi connectivity index (χ0n) is 13.8. The number of rotatable bonds is 4. The lowest BCUT2D eigenvalue weighted by atomic mass is 10.1. The lowest BCUT2D eigenvalue weighted by Crippen LogP contribution is -2.48. The lowest BCUT2D eigenvalue weighted by molar-refractivity contribution is -0.132. The summed E-state index contributed by atoms with van der Waals surface area (Å²) in [5, 5.41) is 7.14. The third kappa shape index (κ3) is 3.79. The van der Waals surface area contributed by atoms with Gasteiger partial charge in [-0.3, -0.25) is 9.69 Å². The molecule has 7 heteroatoms. The van der Waals surface area contributed by atoms with Gasteiger partial charge in [0.2, 0.25) is 5.91 Å². The van der Waals surface area contributed by atoms with Gasteiger partial charge in [-0.15, -0.1) is 11.3 Å². The van der Waals surface area contributed by atoms with Crippen molar-refractivity contribution >= 4 is 17.2 Å². The fraction of sp³-hybridized carbons (Fsp3) is 0.562. The van der Waals surface area contributed by atoms with Crippen molar-refractivity contribution in [3.63, 3.8) is 0 Å². The van der Waals surface area contributed by atoms with Crippen molar-refractivity contribution in [2.45, 2.75) is 33.7 Å². The molecule has 23 heavy (non-hydrogen) atoms. The van der Waals surface area contributed by atoms with Crippen LogP contribution in [0.25, 0.3) is 0 Å². The SMILES string of the molecule is Cc1nc(CN2CCN(C(=O)Cc3c(C)noc3C)CC2)cs1. The molecule has 2 aromatic heterocycles. The predicted molar refractivity (Wildman–Crippen MR) is 88.4 cm³/mol. The van der Waals surface area contributed by atoms with Crippen molar-refractivity contribution in [1.29, 1.82) is 0 Å². The van der Waals surface area contributed by atoms with Gasteiger partial charge in [-0.1, -0.05) is 5.16 Å². The molecule has 1 fully saturated rings. The van der Waals surface area contributed by atoms with Gasteiger partial charge < -0.3 is 9.42 Å². The maximum Gasteiger partial charge on any atom is 0.227 e. The number of carbonyl (C=O) groups excluding carboxylic acids is 1. The highest BCUT2D eigenvalue weighted by Gasteiger charge is 2.23. The maximum atomic E-state index is 12.5. The van der Waals surface area contributed by atoms with E-state index in [1.165, 1.54) is 0 Å². The summed E-state index contributed by atoms with van der Waals surface area (Å²) in [6, 6.07) is 0. The Morgan fingerprint density at radius 2 is 2.00 bits per heavy atom. The quantitative estimate of drug-likeness (QED) is 0.855. The highest BCUT2D eigenvalue weighted by molar-refractivity contribution is 7.09. The minimum Gasteiger partial charge on any atom is -0.361 e. The van der Waals surface area contributed by atoms with Crippen LogP contribution in [-0.2, 0) is 17.8 Å². The van der Waals surface area contributed by atoms with Crippen LogP contribution < -0.4 is 0 Å². The molecule has 0 saturated carbocycles. The molecule has 2 aromatic rings. The summed E-state index contributed by atoms with van der Waals surface area (Å²) in [7, 11) is 0. The Morgan fingerprint density at radius 1 is 1.26 bits per heavy atom. The van der Waals surface area contributed by atoms with Crippen LogP contribution in [0.3, 0.4) is 0 Å². The summed E-state index contributed by atoms with van der Waals surface area (Å²) < 4.78 is 5.13. The largest absolute Gasteiger partial charge is 0.361 e. The number of thiazole rings is 1.